The van der Waals surface area contributed by atoms with E-state index in [1.807, 2.05) is 12.3 Å². The van der Waals surface area contributed by atoms with Gasteiger partial charge in [-0.2, -0.15) is 0 Å². The molecule has 1 N–H and O–H groups in total. The average molecular weight is 269 g/mol. The van der Waals surface area contributed by atoms with Crippen molar-refractivity contribution < 1.29 is 0 Å². The summed E-state index contributed by atoms with van der Waals surface area (Å²) in [4.78, 5) is 4.35. The molecule has 4 heteroatoms. The van der Waals surface area contributed by atoms with E-state index in [0.29, 0.717) is 0 Å². The molecule has 90 valence electrons. The Balaban J connectivity index is 0.000000722. The number of hydrogen-bond acceptors (Lipinski definition) is 2. The van der Waals surface area contributed by atoms with Crippen LogP contribution in [-0.2, 0) is 0 Å². The molecule has 0 bridgehead atoms. The van der Waals surface area contributed by atoms with Crippen molar-refractivity contribution in [1.82, 2.24) is 10.3 Å². The third-order valence-electron chi connectivity index (χ3n) is 2.74. The Labute approximate surface area is 113 Å². The van der Waals surface area contributed by atoms with Gasteiger partial charge in [0.15, 0.2) is 0 Å². The SMILES string of the molecule is C(=C1CNC1)c1cccc2ncccc12.Cl.Cl. The number of halogens is 2. The lowest BCUT2D eigenvalue weighted by Crippen LogP contribution is -2.33. The topological polar surface area (TPSA) is 24.9 Å². The van der Waals surface area contributed by atoms with Crippen LogP contribution in [0.5, 0.6) is 0 Å². The summed E-state index contributed by atoms with van der Waals surface area (Å²) in [5.41, 5.74) is 3.81. The highest BCUT2D eigenvalue weighted by atomic mass is 35.5. The molecule has 2 aromatic rings. The highest BCUT2D eigenvalue weighted by molar-refractivity contribution is 5.88. The molecular weight excluding hydrogens is 255 g/mol. The zero-order valence-electron chi connectivity index (χ0n) is 9.22. The number of aromatic nitrogens is 1. The standard InChI is InChI=1S/C13H12N2.2ClH/c1-3-11(7-10-8-14-9-10)12-4-2-6-15-13(12)5-1;;/h1-7,14H,8-9H2;2*1H. The van der Waals surface area contributed by atoms with Gasteiger partial charge in [0.1, 0.15) is 0 Å². The Hall–Kier alpha value is -1.09. The number of rotatable bonds is 1. The fourth-order valence-corrected chi connectivity index (χ4v) is 1.84. The van der Waals surface area contributed by atoms with E-state index in [1.165, 1.54) is 16.5 Å². The van der Waals surface area contributed by atoms with Crippen molar-refractivity contribution in [2.75, 3.05) is 13.1 Å². The van der Waals surface area contributed by atoms with E-state index in [0.717, 1.165) is 18.6 Å². The van der Waals surface area contributed by atoms with Gasteiger partial charge in [0, 0.05) is 24.7 Å². The van der Waals surface area contributed by atoms with Crippen molar-refractivity contribution in [3.8, 4) is 0 Å². The smallest absolute Gasteiger partial charge is 0.0707 e. The van der Waals surface area contributed by atoms with E-state index in [-0.39, 0.29) is 24.8 Å². The van der Waals surface area contributed by atoms with Gasteiger partial charge in [-0.15, -0.1) is 24.8 Å². The van der Waals surface area contributed by atoms with Crippen LogP contribution >= 0.6 is 24.8 Å². The molecule has 0 saturated carbocycles. The monoisotopic (exact) mass is 268 g/mol. The molecule has 1 aliphatic heterocycles. The van der Waals surface area contributed by atoms with Crippen LogP contribution in [0.1, 0.15) is 5.56 Å². The number of nitrogens with one attached hydrogen (secondary N) is 1. The van der Waals surface area contributed by atoms with Gasteiger partial charge in [0.2, 0.25) is 0 Å². The number of nitrogens with zero attached hydrogens (tertiary/aromatic N) is 1. The van der Waals surface area contributed by atoms with E-state index in [4.69, 9.17) is 0 Å². The normalized spacial score (nSPS) is 13.3. The number of fused-ring (bicyclic) bond motifs is 1. The second-order valence-electron chi connectivity index (χ2n) is 3.82. The van der Waals surface area contributed by atoms with Crippen LogP contribution in [0.4, 0.5) is 0 Å². The minimum Gasteiger partial charge on any atom is -0.309 e. The quantitative estimate of drug-likeness (QED) is 0.860. The number of benzene rings is 1. The van der Waals surface area contributed by atoms with Gasteiger partial charge >= 0.3 is 0 Å². The largest absolute Gasteiger partial charge is 0.309 e. The molecule has 2 heterocycles. The zero-order chi connectivity index (χ0) is 10.1. The molecule has 0 aliphatic carbocycles. The Morgan fingerprint density at radius 2 is 1.88 bits per heavy atom. The van der Waals surface area contributed by atoms with Gasteiger partial charge in [-0.1, -0.05) is 24.3 Å². The first-order valence-corrected chi connectivity index (χ1v) is 5.17. The molecular formula is C13H14Cl2N2. The molecule has 0 spiro atoms. The van der Waals surface area contributed by atoms with Crippen LogP contribution in [0.15, 0.2) is 42.1 Å². The summed E-state index contributed by atoms with van der Waals surface area (Å²) >= 11 is 0. The van der Waals surface area contributed by atoms with E-state index in [2.05, 4.69) is 40.6 Å². The van der Waals surface area contributed by atoms with Crippen LogP contribution in [0.25, 0.3) is 17.0 Å². The minimum atomic E-state index is 0. The van der Waals surface area contributed by atoms with Gasteiger partial charge in [-0.05, 0) is 23.3 Å². The summed E-state index contributed by atoms with van der Waals surface area (Å²) < 4.78 is 0. The Morgan fingerprint density at radius 1 is 1.06 bits per heavy atom. The first-order chi connectivity index (χ1) is 7.43. The van der Waals surface area contributed by atoms with Gasteiger partial charge in [0.05, 0.1) is 5.52 Å². The third-order valence-corrected chi connectivity index (χ3v) is 2.74. The lowest BCUT2D eigenvalue weighted by atomic mass is 10.0. The second kappa shape index (κ2) is 6.01. The predicted octanol–water partition coefficient (Wildman–Crippen LogP) is 3.07. The molecule has 0 amide bonds. The van der Waals surface area contributed by atoms with Crippen molar-refractivity contribution in [3.05, 3.63) is 47.7 Å². The first-order valence-electron chi connectivity index (χ1n) is 5.17. The maximum Gasteiger partial charge on any atom is 0.0707 e. The zero-order valence-corrected chi connectivity index (χ0v) is 10.9. The average Bonchev–Trinajstić information content (AvgIpc) is 2.23. The van der Waals surface area contributed by atoms with Crippen molar-refractivity contribution in [1.29, 1.82) is 0 Å². The molecule has 3 rings (SSSR count). The molecule has 1 fully saturated rings. The van der Waals surface area contributed by atoms with E-state index in [1.54, 1.807) is 0 Å². The summed E-state index contributed by atoms with van der Waals surface area (Å²) in [7, 11) is 0. The van der Waals surface area contributed by atoms with Crippen molar-refractivity contribution in [2.24, 2.45) is 0 Å². The molecule has 2 nitrogen and oxygen atoms in total. The highest BCUT2D eigenvalue weighted by Gasteiger charge is 2.07. The number of hydrogen-bond donors (Lipinski definition) is 1. The maximum absolute atomic E-state index is 4.35. The van der Waals surface area contributed by atoms with Gasteiger partial charge in [-0.25, -0.2) is 0 Å². The number of pyridine rings is 1. The Morgan fingerprint density at radius 3 is 2.59 bits per heavy atom. The Bertz CT molecular complexity index is 526. The second-order valence-corrected chi connectivity index (χ2v) is 3.82. The maximum atomic E-state index is 4.35. The molecule has 1 saturated heterocycles. The van der Waals surface area contributed by atoms with E-state index < -0.39 is 0 Å². The summed E-state index contributed by atoms with van der Waals surface area (Å²) in [5, 5.41) is 4.48. The van der Waals surface area contributed by atoms with Crippen molar-refractivity contribution in [3.63, 3.8) is 0 Å². The lowest BCUT2D eigenvalue weighted by molar-refractivity contribution is 0.675. The minimum absolute atomic E-state index is 0. The molecule has 0 atom stereocenters. The molecule has 1 aromatic heterocycles. The van der Waals surface area contributed by atoms with Crippen LogP contribution in [-0.4, -0.2) is 18.1 Å². The van der Waals surface area contributed by atoms with Crippen molar-refractivity contribution >= 4 is 41.8 Å². The van der Waals surface area contributed by atoms with Crippen LogP contribution in [0.2, 0.25) is 0 Å². The van der Waals surface area contributed by atoms with E-state index in [9.17, 15) is 0 Å². The summed E-state index contributed by atoms with van der Waals surface area (Å²) in [6.45, 7) is 2.05. The molecule has 1 aliphatic rings. The van der Waals surface area contributed by atoms with Gasteiger partial charge in [-0.3, -0.25) is 4.98 Å². The van der Waals surface area contributed by atoms with Crippen LogP contribution < -0.4 is 5.32 Å². The van der Waals surface area contributed by atoms with Crippen LogP contribution in [0, 0.1) is 0 Å². The van der Waals surface area contributed by atoms with Gasteiger partial charge in [0.25, 0.3) is 0 Å². The van der Waals surface area contributed by atoms with Crippen LogP contribution in [0.3, 0.4) is 0 Å². The molecule has 0 radical (unpaired) electrons. The Kier molecular flexibility index (Phi) is 4.94. The first kappa shape index (κ1) is 14.0. The fourth-order valence-electron chi connectivity index (χ4n) is 1.84. The molecule has 1 aromatic carbocycles. The summed E-state index contributed by atoms with van der Waals surface area (Å²) in [5.74, 6) is 0. The fraction of sp³-hybridized carbons (Fsp3) is 0.154. The van der Waals surface area contributed by atoms with E-state index >= 15 is 0 Å². The van der Waals surface area contributed by atoms with Gasteiger partial charge < -0.3 is 5.32 Å². The van der Waals surface area contributed by atoms with Crippen molar-refractivity contribution in [2.45, 2.75) is 0 Å². The lowest BCUT2D eigenvalue weighted by Gasteiger charge is -2.18. The summed E-state index contributed by atoms with van der Waals surface area (Å²) in [6, 6.07) is 10.4. The highest BCUT2D eigenvalue weighted by Crippen LogP contribution is 2.19. The molecule has 0 unspecified atom stereocenters. The predicted molar refractivity (Wildman–Crippen MR) is 77.1 cm³/mol. The summed E-state index contributed by atoms with van der Waals surface area (Å²) in [6.07, 6.45) is 4.10. The molecule has 17 heavy (non-hydrogen) atoms. The third kappa shape index (κ3) is 2.78.